The molecule has 1 aromatic rings. The van der Waals surface area contributed by atoms with Crippen molar-refractivity contribution in [3.63, 3.8) is 0 Å². The maximum Gasteiger partial charge on any atom is 0.0624 e. The van der Waals surface area contributed by atoms with Gasteiger partial charge in [0.2, 0.25) is 0 Å². The third kappa shape index (κ3) is 5.49. The summed E-state index contributed by atoms with van der Waals surface area (Å²) in [5.41, 5.74) is 0. The number of methoxy groups -OCH3 is 1. The smallest absolute Gasteiger partial charge is 0.0624 e. The van der Waals surface area contributed by atoms with E-state index >= 15 is 0 Å². The van der Waals surface area contributed by atoms with Gasteiger partial charge >= 0.3 is 0 Å². The fourth-order valence-corrected chi connectivity index (χ4v) is 2.76. The average molecular weight is 294 g/mol. The van der Waals surface area contributed by atoms with E-state index in [-0.39, 0.29) is 0 Å². The van der Waals surface area contributed by atoms with Crippen LogP contribution in [0.15, 0.2) is 23.1 Å². The van der Waals surface area contributed by atoms with Gasteiger partial charge in [-0.15, -0.1) is 11.8 Å². The molecule has 5 heteroatoms. The molecule has 1 aromatic carbocycles. The molecule has 0 radical (unpaired) electrons. The lowest BCUT2D eigenvalue weighted by Gasteiger charge is -2.16. The molecule has 0 saturated heterocycles. The van der Waals surface area contributed by atoms with Gasteiger partial charge in [-0.3, -0.25) is 0 Å². The Hall–Kier alpha value is 0.0700. The summed E-state index contributed by atoms with van der Waals surface area (Å²) in [4.78, 5) is 1.12. The van der Waals surface area contributed by atoms with E-state index in [9.17, 15) is 0 Å². The average Bonchev–Trinajstić information content (AvgIpc) is 2.31. The SMILES string of the molecule is CCNC(COC)CSc1ccc(Cl)c(Cl)c1. The second-order valence-electron chi connectivity index (χ2n) is 3.60. The Balaban J connectivity index is 2.49. The fourth-order valence-electron chi connectivity index (χ4n) is 1.42. The zero-order chi connectivity index (χ0) is 12.7. The zero-order valence-electron chi connectivity index (χ0n) is 10.0. The van der Waals surface area contributed by atoms with Gasteiger partial charge in [-0.05, 0) is 24.7 Å². The molecule has 0 aliphatic heterocycles. The molecule has 1 atom stereocenters. The van der Waals surface area contributed by atoms with E-state index in [2.05, 4.69) is 12.2 Å². The van der Waals surface area contributed by atoms with Crippen LogP contribution in [0.3, 0.4) is 0 Å². The molecule has 1 rings (SSSR count). The van der Waals surface area contributed by atoms with Crippen molar-refractivity contribution in [1.29, 1.82) is 0 Å². The fraction of sp³-hybridized carbons (Fsp3) is 0.500. The minimum Gasteiger partial charge on any atom is -0.383 e. The Morgan fingerprint density at radius 3 is 2.71 bits per heavy atom. The summed E-state index contributed by atoms with van der Waals surface area (Å²) in [6, 6.07) is 6.05. The van der Waals surface area contributed by atoms with Crippen LogP contribution in [0.25, 0.3) is 0 Å². The lowest BCUT2D eigenvalue weighted by molar-refractivity contribution is 0.174. The van der Waals surface area contributed by atoms with Crippen molar-refractivity contribution in [2.45, 2.75) is 17.9 Å². The minimum atomic E-state index is 0.351. The van der Waals surface area contributed by atoms with Crippen molar-refractivity contribution >= 4 is 35.0 Å². The summed E-state index contributed by atoms with van der Waals surface area (Å²) < 4.78 is 5.16. The Kier molecular flexibility index (Phi) is 7.32. The highest BCUT2D eigenvalue weighted by Crippen LogP contribution is 2.28. The van der Waals surface area contributed by atoms with Crippen LogP contribution in [0, 0.1) is 0 Å². The topological polar surface area (TPSA) is 21.3 Å². The molecular weight excluding hydrogens is 277 g/mol. The number of halogens is 2. The number of hydrogen-bond acceptors (Lipinski definition) is 3. The third-order valence-corrected chi connectivity index (χ3v) is 4.10. The van der Waals surface area contributed by atoms with Gasteiger partial charge in [-0.2, -0.15) is 0 Å². The first kappa shape index (κ1) is 15.1. The van der Waals surface area contributed by atoms with Crippen molar-refractivity contribution in [2.24, 2.45) is 0 Å². The van der Waals surface area contributed by atoms with Crippen molar-refractivity contribution in [1.82, 2.24) is 5.32 Å². The molecule has 0 spiro atoms. The normalized spacial score (nSPS) is 12.7. The van der Waals surface area contributed by atoms with Gasteiger partial charge in [0.05, 0.1) is 16.7 Å². The molecule has 0 aromatic heterocycles. The van der Waals surface area contributed by atoms with Gasteiger partial charge in [0.1, 0.15) is 0 Å². The summed E-state index contributed by atoms with van der Waals surface area (Å²) in [6.07, 6.45) is 0. The van der Waals surface area contributed by atoms with Crippen molar-refractivity contribution in [3.05, 3.63) is 28.2 Å². The molecule has 0 fully saturated rings. The summed E-state index contributed by atoms with van der Waals surface area (Å²) in [6.45, 7) is 3.74. The number of hydrogen-bond donors (Lipinski definition) is 1. The quantitative estimate of drug-likeness (QED) is 0.775. The largest absolute Gasteiger partial charge is 0.383 e. The van der Waals surface area contributed by atoms with E-state index < -0.39 is 0 Å². The van der Waals surface area contributed by atoms with Gasteiger partial charge in [0, 0.05) is 23.8 Å². The van der Waals surface area contributed by atoms with Crippen LogP contribution < -0.4 is 5.32 Å². The predicted octanol–water partition coefficient (Wildman–Crippen LogP) is 3.71. The molecule has 0 bridgehead atoms. The molecule has 0 saturated carbocycles. The Bertz CT molecular complexity index is 343. The number of thioether (sulfide) groups is 1. The monoisotopic (exact) mass is 293 g/mol. The molecule has 96 valence electrons. The van der Waals surface area contributed by atoms with Gasteiger partial charge in [-0.1, -0.05) is 30.1 Å². The Morgan fingerprint density at radius 2 is 2.12 bits per heavy atom. The molecule has 17 heavy (non-hydrogen) atoms. The Morgan fingerprint density at radius 1 is 1.35 bits per heavy atom. The van der Waals surface area contributed by atoms with Crippen molar-refractivity contribution in [3.8, 4) is 0 Å². The van der Waals surface area contributed by atoms with Crippen LogP contribution in [-0.2, 0) is 4.74 Å². The summed E-state index contributed by atoms with van der Waals surface area (Å²) in [5, 5.41) is 4.57. The lowest BCUT2D eigenvalue weighted by Crippen LogP contribution is -2.35. The second kappa shape index (κ2) is 8.22. The van der Waals surface area contributed by atoms with Gasteiger partial charge in [-0.25, -0.2) is 0 Å². The maximum absolute atomic E-state index is 5.97. The van der Waals surface area contributed by atoms with Crippen LogP contribution in [0.5, 0.6) is 0 Å². The number of nitrogens with one attached hydrogen (secondary N) is 1. The predicted molar refractivity (Wildman–Crippen MR) is 76.5 cm³/mol. The lowest BCUT2D eigenvalue weighted by atomic mass is 10.3. The van der Waals surface area contributed by atoms with E-state index in [1.807, 2.05) is 18.2 Å². The molecule has 1 N–H and O–H groups in total. The number of ether oxygens (including phenoxy) is 1. The number of benzene rings is 1. The standard InChI is InChI=1S/C12H17Cl2NOS/c1-3-15-9(7-16-2)8-17-10-4-5-11(13)12(14)6-10/h4-6,9,15H,3,7-8H2,1-2H3. The van der Waals surface area contributed by atoms with Crippen molar-refractivity contribution < 1.29 is 4.74 Å². The highest BCUT2D eigenvalue weighted by atomic mass is 35.5. The van der Waals surface area contributed by atoms with Crippen molar-refractivity contribution in [2.75, 3.05) is 26.0 Å². The van der Waals surface area contributed by atoms with E-state index in [0.29, 0.717) is 22.7 Å². The molecule has 2 nitrogen and oxygen atoms in total. The molecule has 0 heterocycles. The first-order chi connectivity index (χ1) is 8.17. The van der Waals surface area contributed by atoms with Crippen LogP contribution in [0.1, 0.15) is 6.92 Å². The summed E-state index contributed by atoms with van der Waals surface area (Å²) in [7, 11) is 1.72. The van der Waals surface area contributed by atoms with Crippen LogP contribution >= 0.6 is 35.0 Å². The minimum absolute atomic E-state index is 0.351. The Labute approximate surface area is 117 Å². The van der Waals surface area contributed by atoms with Crippen LogP contribution in [-0.4, -0.2) is 32.1 Å². The summed E-state index contributed by atoms with van der Waals surface area (Å²) >= 11 is 13.6. The van der Waals surface area contributed by atoms with Crippen LogP contribution in [0.2, 0.25) is 10.0 Å². The van der Waals surface area contributed by atoms with Gasteiger partial charge in [0.15, 0.2) is 0 Å². The molecule has 0 aliphatic carbocycles. The van der Waals surface area contributed by atoms with E-state index in [0.717, 1.165) is 17.2 Å². The first-order valence-electron chi connectivity index (χ1n) is 5.47. The van der Waals surface area contributed by atoms with E-state index in [1.54, 1.807) is 18.9 Å². The molecular formula is C12H17Cl2NOS. The molecule has 0 amide bonds. The zero-order valence-corrected chi connectivity index (χ0v) is 12.3. The highest BCUT2D eigenvalue weighted by Gasteiger charge is 2.08. The number of likely N-dealkylation sites (N-methyl/N-ethyl adjacent to an activating group) is 1. The van der Waals surface area contributed by atoms with E-state index in [4.69, 9.17) is 27.9 Å². The molecule has 0 aliphatic rings. The van der Waals surface area contributed by atoms with E-state index in [1.165, 1.54) is 0 Å². The van der Waals surface area contributed by atoms with Gasteiger partial charge in [0.25, 0.3) is 0 Å². The summed E-state index contributed by atoms with van der Waals surface area (Å²) in [5.74, 6) is 0.944. The second-order valence-corrected chi connectivity index (χ2v) is 5.50. The first-order valence-corrected chi connectivity index (χ1v) is 7.21. The number of rotatable bonds is 7. The van der Waals surface area contributed by atoms with Crippen LogP contribution in [0.4, 0.5) is 0 Å². The molecule has 1 unspecified atom stereocenters. The maximum atomic E-state index is 5.97. The third-order valence-electron chi connectivity index (χ3n) is 2.20. The van der Waals surface area contributed by atoms with Gasteiger partial charge < -0.3 is 10.1 Å². The highest BCUT2D eigenvalue weighted by molar-refractivity contribution is 7.99.